The molecule has 1 aromatic heterocycles. The Morgan fingerprint density at radius 3 is 2.45 bits per heavy atom. The average Bonchev–Trinajstić information content (AvgIpc) is 2.97. The molecule has 0 saturated carbocycles. The highest BCUT2D eigenvalue weighted by Crippen LogP contribution is 2.23. The predicted octanol–water partition coefficient (Wildman–Crippen LogP) is 4.64. The highest BCUT2D eigenvalue weighted by atomic mass is 35.5. The summed E-state index contributed by atoms with van der Waals surface area (Å²) < 4.78 is 0. The van der Waals surface area contributed by atoms with E-state index in [1.54, 1.807) is 16.2 Å². The van der Waals surface area contributed by atoms with E-state index in [2.05, 4.69) is 26.0 Å². The van der Waals surface area contributed by atoms with Crippen LogP contribution in [0.1, 0.15) is 30.2 Å². The molecule has 0 atom stereocenters. The monoisotopic (exact) mass is 307 g/mol. The van der Waals surface area contributed by atoms with Crippen molar-refractivity contribution in [2.24, 2.45) is 0 Å². The summed E-state index contributed by atoms with van der Waals surface area (Å²) in [6, 6.07) is 12.2. The van der Waals surface area contributed by atoms with Crippen LogP contribution in [0.15, 0.2) is 41.8 Å². The molecule has 1 heterocycles. The molecule has 0 aliphatic carbocycles. The van der Waals surface area contributed by atoms with Crippen LogP contribution in [0.5, 0.6) is 0 Å². The summed E-state index contributed by atoms with van der Waals surface area (Å²) in [5, 5.41) is 2.01. The van der Waals surface area contributed by atoms with Gasteiger partial charge in [-0.05, 0) is 35.1 Å². The molecule has 0 aliphatic heterocycles. The third kappa shape index (κ3) is 3.62. The summed E-state index contributed by atoms with van der Waals surface area (Å²) in [4.78, 5) is 14.9. The van der Waals surface area contributed by atoms with E-state index >= 15 is 0 Å². The molecule has 0 saturated heterocycles. The van der Waals surface area contributed by atoms with Crippen molar-refractivity contribution in [3.8, 4) is 0 Å². The molecule has 0 bridgehead atoms. The van der Waals surface area contributed by atoms with E-state index in [0.29, 0.717) is 12.5 Å². The van der Waals surface area contributed by atoms with E-state index in [9.17, 15) is 4.79 Å². The maximum atomic E-state index is 12.1. The lowest BCUT2D eigenvalue weighted by molar-refractivity contribution is -0.116. The predicted molar refractivity (Wildman–Crippen MR) is 86.8 cm³/mol. The van der Waals surface area contributed by atoms with Crippen molar-refractivity contribution in [3.63, 3.8) is 0 Å². The van der Waals surface area contributed by atoms with Gasteiger partial charge in [0.2, 0.25) is 5.91 Å². The molecule has 0 fully saturated rings. The van der Waals surface area contributed by atoms with Crippen LogP contribution >= 0.6 is 22.9 Å². The van der Waals surface area contributed by atoms with Crippen LogP contribution in [-0.2, 0) is 11.3 Å². The fourth-order valence-corrected chi connectivity index (χ4v) is 2.83. The Kier molecular flexibility index (Phi) is 5.21. The van der Waals surface area contributed by atoms with E-state index in [0.717, 1.165) is 10.6 Å². The van der Waals surface area contributed by atoms with Crippen molar-refractivity contribution in [2.75, 3.05) is 10.8 Å². The number of nitrogens with zero attached hydrogens (tertiary/aromatic N) is 1. The number of anilines is 1. The van der Waals surface area contributed by atoms with Gasteiger partial charge in [-0.2, -0.15) is 0 Å². The first-order valence-electron chi connectivity index (χ1n) is 6.60. The van der Waals surface area contributed by atoms with E-state index in [-0.39, 0.29) is 11.8 Å². The number of carbonyl (C=O) groups is 1. The van der Waals surface area contributed by atoms with Crippen molar-refractivity contribution >= 4 is 34.5 Å². The van der Waals surface area contributed by atoms with Crippen LogP contribution in [0.4, 0.5) is 5.69 Å². The second kappa shape index (κ2) is 6.91. The number of amides is 1. The first kappa shape index (κ1) is 15.1. The number of benzene rings is 1. The van der Waals surface area contributed by atoms with Crippen molar-refractivity contribution in [1.29, 1.82) is 0 Å². The lowest BCUT2D eigenvalue weighted by Gasteiger charge is -2.22. The molecular weight excluding hydrogens is 290 g/mol. The molecule has 2 rings (SSSR count). The minimum atomic E-state index is -0.0719. The van der Waals surface area contributed by atoms with Gasteiger partial charge in [0.15, 0.2) is 0 Å². The number of hydrogen-bond acceptors (Lipinski definition) is 2. The van der Waals surface area contributed by atoms with Gasteiger partial charge in [-0.3, -0.25) is 4.79 Å². The van der Waals surface area contributed by atoms with Crippen molar-refractivity contribution in [1.82, 2.24) is 0 Å². The third-order valence-corrected chi connectivity index (χ3v) is 4.27. The smallest absolute Gasteiger partial charge is 0.242 e. The average molecular weight is 308 g/mol. The summed E-state index contributed by atoms with van der Waals surface area (Å²) in [5.41, 5.74) is 2.16. The highest BCUT2D eigenvalue weighted by Gasteiger charge is 2.16. The van der Waals surface area contributed by atoms with Crippen LogP contribution < -0.4 is 4.90 Å². The van der Waals surface area contributed by atoms with Crippen molar-refractivity contribution in [3.05, 3.63) is 52.2 Å². The lowest BCUT2D eigenvalue weighted by Crippen LogP contribution is -2.31. The molecule has 0 aliphatic rings. The largest absolute Gasteiger partial charge is 0.306 e. The zero-order valence-corrected chi connectivity index (χ0v) is 13.2. The van der Waals surface area contributed by atoms with E-state index in [1.165, 1.54) is 5.56 Å². The van der Waals surface area contributed by atoms with Gasteiger partial charge in [-0.15, -0.1) is 22.9 Å². The molecule has 2 aromatic rings. The standard InChI is InChI=1S/C16H18ClNOS/c1-12(2)13-5-7-14(8-6-13)18(16(19)10-17)11-15-4-3-9-20-15/h3-9,12H,10-11H2,1-2H3. The van der Waals surface area contributed by atoms with Gasteiger partial charge >= 0.3 is 0 Å². The quantitative estimate of drug-likeness (QED) is 0.737. The molecule has 2 nitrogen and oxygen atoms in total. The number of alkyl halides is 1. The normalized spacial score (nSPS) is 10.8. The Morgan fingerprint density at radius 1 is 1.25 bits per heavy atom. The third-order valence-electron chi connectivity index (χ3n) is 3.18. The maximum absolute atomic E-state index is 12.1. The number of carbonyl (C=O) groups excluding carboxylic acids is 1. The SMILES string of the molecule is CC(C)c1ccc(N(Cc2cccs2)C(=O)CCl)cc1. The fraction of sp³-hybridized carbons (Fsp3) is 0.312. The lowest BCUT2D eigenvalue weighted by atomic mass is 10.0. The Labute approximate surface area is 129 Å². The van der Waals surface area contributed by atoms with Crippen LogP contribution in [0.2, 0.25) is 0 Å². The molecule has 1 aromatic carbocycles. The molecule has 20 heavy (non-hydrogen) atoms. The van der Waals surface area contributed by atoms with E-state index in [1.807, 2.05) is 29.6 Å². The first-order valence-corrected chi connectivity index (χ1v) is 8.02. The van der Waals surface area contributed by atoms with Crippen molar-refractivity contribution in [2.45, 2.75) is 26.3 Å². The van der Waals surface area contributed by atoms with Gasteiger partial charge in [-0.1, -0.05) is 32.0 Å². The second-order valence-electron chi connectivity index (χ2n) is 4.94. The molecule has 0 N–H and O–H groups in total. The Morgan fingerprint density at radius 2 is 1.95 bits per heavy atom. The number of halogens is 1. The fourth-order valence-electron chi connectivity index (χ4n) is 1.99. The van der Waals surface area contributed by atoms with Gasteiger partial charge in [0.25, 0.3) is 0 Å². The molecular formula is C16H18ClNOS. The van der Waals surface area contributed by atoms with E-state index < -0.39 is 0 Å². The summed E-state index contributed by atoms with van der Waals surface area (Å²) in [6.45, 7) is 4.88. The zero-order valence-electron chi connectivity index (χ0n) is 11.7. The van der Waals surface area contributed by atoms with Crippen molar-refractivity contribution < 1.29 is 4.79 Å². The summed E-state index contributed by atoms with van der Waals surface area (Å²) >= 11 is 7.38. The molecule has 0 radical (unpaired) electrons. The Bertz CT molecular complexity index is 548. The summed E-state index contributed by atoms with van der Waals surface area (Å²) in [5.74, 6) is 0.410. The van der Waals surface area contributed by atoms with Gasteiger partial charge in [0.05, 0.1) is 6.54 Å². The molecule has 106 valence electrons. The Balaban J connectivity index is 2.24. The maximum Gasteiger partial charge on any atom is 0.242 e. The topological polar surface area (TPSA) is 20.3 Å². The summed E-state index contributed by atoms with van der Waals surface area (Å²) in [7, 11) is 0. The minimum absolute atomic E-state index is 0.00267. The van der Waals surface area contributed by atoms with E-state index in [4.69, 9.17) is 11.6 Å². The van der Waals surface area contributed by atoms with Gasteiger partial charge in [0, 0.05) is 10.6 Å². The molecule has 1 amide bonds. The molecule has 0 spiro atoms. The van der Waals surface area contributed by atoms with Crippen LogP contribution in [-0.4, -0.2) is 11.8 Å². The zero-order chi connectivity index (χ0) is 14.5. The molecule has 0 unspecified atom stereocenters. The van der Waals surface area contributed by atoms with Gasteiger partial charge < -0.3 is 4.90 Å². The number of hydrogen-bond donors (Lipinski definition) is 0. The van der Waals surface area contributed by atoms with Crippen LogP contribution in [0.3, 0.4) is 0 Å². The second-order valence-corrected chi connectivity index (χ2v) is 6.24. The minimum Gasteiger partial charge on any atom is -0.306 e. The molecule has 4 heteroatoms. The van der Waals surface area contributed by atoms with Gasteiger partial charge in [0.1, 0.15) is 5.88 Å². The van der Waals surface area contributed by atoms with Gasteiger partial charge in [-0.25, -0.2) is 0 Å². The number of rotatable bonds is 5. The first-order chi connectivity index (χ1) is 9.61. The number of thiophene rings is 1. The van der Waals surface area contributed by atoms with Crippen LogP contribution in [0.25, 0.3) is 0 Å². The summed E-state index contributed by atoms with van der Waals surface area (Å²) in [6.07, 6.45) is 0. The Hall–Kier alpha value is -1.32. The van der Waals surface area contributed by atoms with Crippen LogP contribution in [0, 0.1) is 0 Å². The highest BCUT2D eigenvalue weighted by molar-refractivity contribution is 7.09.